The summed E-state index contributed by atoms with van der Waals surface area (Å²) in [6.45, 7) is 8.57. The highest BCUT2D eigenvalue weighted by molar-refractivity contribution is 6.02. The Labute approximate surface area is 223 Å². The Balaban J connectivity index is 1.83. The number of rotatable bonds is 10. The van der Waals surface area contributed by atoms with Crippen LogP contribution in [-0.4, -0.2) is 40.5 Å². The lowest BCUT2D eigenvalue weighted by molar-refractivity contribution is -0.127. The lowest BCUT2D eigenvalue weighted by atomic mass is 10.0. The van der Waals surface area contributed by atoms with Gasteiger partial charge in [-0.2, -0.15) is 0 Å². The standard InChI is InChI=1S/C30H35N5O3/c1-20(2)16-17-31-30(37)29(23-13-10-21(3)11-14-23)35(26-18-22(4)12-15-27(26)38-5)28(36)19-34-25-9-7-6-8-24(25)32-33-34/h6-15,18,20,29H,16-17,19H2,1-5H3,(H,31,37). The minimum Gasteiger partial charge on any atom is -0.495 e. The fourth-order valence-corrected chi connectivity index (χ4v) is 4.39. The van der Waals surface area contributed by atoms with Crippen molar-refractivity contribution < 1.29 is 14.3 Å². The van der Waals surface area contributed by atoms with Gasteiger partial charge in [0, 0.05) is 6.54 Å². The van der Waals surface area contributed by atoms with Crippen LogP contribution in [0.3, 0.4) is 0 Å². The molecule has 1 N–H and O–H groups in total. The van der Waals surface area contributed by atoms with Gasteiger partial charge >= 0.3 is 0 Å². The Morgan fingerprint density at radius 2 is 1.71 bits per heavy atom. The predicted molar refractivity (Wildman–Crippen MR) is 149 cm³/mol. The minimum absolute atomic E-state index is 0.0980. The van der Waals surface area contributed by atoms with Crippen LogP contribution in [0.1, 0.15) is 43.0 Å². The number of aryl methyl sites for hydroxylation is 2. The van der Waals surface area contributed by atoms with Gasteiger partial charge < -0.3 is 10.1 Å². The van der Waals surface area contributed by atoms with E-state index < -0.39 is 6.04 Å². The molecule has 0 aliphatic heterocycles. The monoisotopic (exact) mass is 513 g/mol. The van der Waals surface area contributed by atoms with Crippen molar-refractivity contribution in [3.05, 3.63) is 83.4 Å². The summed E-state index contributed by atoms with van der Waals surface area (Å²) in [5, 5.41) is 11.5. The number of aromatic nitrogens is 3. The van der Waals surface area contributed by atoms with Gasteiger partial charge in [-0.15, -0.1) is 5.10 Å². The second kappa shape index (κ2) is 11.9. The molecule has 8 nitrogen and oxygen atoms in total. The molecule has 8 heteroatoms. The van der Waals surface area contributed by atoms with Crippen LogP contribution in [0.25, 0.3) is 11.0 Å². The lowest BCUT2D eigenvalue weighted by Crippen LogP contribution is -2.45. The summed E-state index contributed by atoms with van der Waals surface area (Å²) >= 11 is 0. The van der Waals surface area contributed by atoms with Gasteiger partial charge in [-0.3, -0.25) is 14.5 Å². The number of ether oxygens (including phenoxy) is 1. The fourth-order valence-electron chi connectivity index (χ4n) is 4.39. The summed E-state index contributed by atoms with van der Waals surface area (Å²) in [6, 6.07) is 19.9. The number of nitrogens with one attached hydrogen (secondary N) is 1. The second-order valence-electron chi connectivity index (χ2n) is 9.96. The van der Waals surface area contributed by atoms with Crippen LogP contribution in [0, 0.1) is 19.8 Å². The lowest BCUT2D eigenvalue weighted by Gasteiger charge is -2.33. The van der Waals surface area contributed by atoms with Crippen molar-refractivity contribution >= 4 is 28.5 Å². The summed E-state index contributed by atoms with van der Waals surface area (Å²) in [5.74, 6) is 0.367. The van der Waals surface area contributed by atoms with Crippen molar-refractivity contribution in [1.82, 2.24) is 20.3 Å². The highest BCUT2D eigenvalue weighted by Crippen LogP contribution is 2.36. The first-order chi connectivity index (χ1) is 18.3. The zero-order chi connectivity index (χ0) is 27.2. The van der Waals surface area contributed by atoms with Crippen LogP contribution in [0.5, 0.6) is 5.75 Å². The largest absolute Gasteiger partial charge is 0.495 e. The van der Waals surface area contributed by atoms with E-state index in [-0.39, 0.29) is 18.4 Å². The van der Waals surface area contributed by atoms with E-state index in [1.54, 1.807) is 11.8 Å². The van der Waals surface area contributed by atoms with Gasteiger partial charge in [-0.25, -0.2) is 4.68 Å². The maximum absolute atomic E-state index is 14.2. The molecule has 0 radical (unpaired) electrons. The number of para-hydroxylation sites is 1. The SMILES string of the molecule is COc1ccc(C)cc1N(C(=O)Cn1nnc2ccccc21)C(C(=O)NCCC(C)C)c1ccc(C)cc1. The zero-order valence-corrected chi connectivity index (χ0v) is 22.6. The van der Waals surface area contributed by atoms with Gasteiger partial charge in [0.25, 0.3) is 0 Å². The van der Waals surface area contributed by atoms with E-state index in [2.05, 4.69) is 29.5 Å². The molecule has 0 spiro atoms. The highest BCUT2D eigenvalue weighted by Gasteiger charge is 2.35. The molecule has 2 amide bonds. The van der Waals surface area contributed by atoms with Gasteiger partial charge in [0.15, 0.2) is 0 Å². The van der Waals surface area contributed by atoms with E-state index in [0.29, 0.717) is 35.0 Å². The van der Waals surface area contributed by atoms with Crippen molar-refractivity contribution in [3.63, 3.8) is 0 Å². The van der Waals surface area contributed by atoms with E-state index in [1.165, 1.54) is 4.90 Å². The molecule has 198 valence electrons. The van der Waals surface area contributed by atoms with Gasteiger partial charge in [0.1, 0.15) is 23.9 Å². The van der Waals surface area contributed by atoms with E-state index in [0.717, 1.165) is 23.1 Å². The van der Waals surface area contributed by atoms with E-state index in [4.69, 9.17) is 4.74 Å². The average Bonchev–Trinajstić information content (AvgIpc) is 3.30. The molecule has 38 heavy (non-hydrogen) atoms. The van der Waals surface area contributed by atoms with Crippen LogP contribution in [0.2, 0.25) is 0 Å². The molecule has 0 aliphatic rings. The molecule has 0 fully saturated rings. The number of methoxy groups -OCH3 is 1. The Hall–Kier alpha value is -4.20. The van der Waals surface area contributed by atoms with Crippen LogP contribution in [0.15, 0.2) is 66.7 Å². The van der Waals surface area contributed by atoms with Gasteiger partial charge in [-0.05, 0) is 61.6 Å². The Bertz CT molecular complexity index is 1410. The number of anilines is 1. The average molecular weight is 514 g/mol. The Morgan fingerprint density at radius 1 is 1.00 bits per heavy atom. The summed E-state index contributed by atoms with van der Waals surface area (Å²) in [4.78, 5) is 29.6. The Kier molecular flexibility index (Phi) is 8.41. The first kappa shape index (κ1) is 26.9. The molecular weight excluding hydrogens is 478 g/mol. The number of carbonyl (C=O) groups excluding carboxylic acids is 2. The van der Waals surface area contributed by atoms with Crippen molar-refractivity contribution in [2.24, 2.45) is 5.92 Å². The predicted octanol–water partition coefficient (Wildman–Crippen LogP) is 4.99. The van der Waals surface area contributed by atoms with Crippen LogP contribution in [0.4, 0.5) is 5.69 Å². The first-order valence-corrected chi connectivity index (χ1v) is 12.9. The molecule has 4 aromatic rings. The van der Waals surface area contributed by atoms with Crippen molar-refractivity contribution in [2.45, 2.75) is 46.7 Å². The van der Waals surface area contributed by atoms with Crippen LogP contribution in [-0.2, 0) is 16.1 Å². The number of carbonyl (C=O) groups is 2. The Morgan fingerprint density at radius 3 is 2.42 bits per heavy atom. The highest BCUT2D eigenvalue weighted by atomic mass is 16.5. The molecule has 0 aliphatic carbocycles. The van der Waals surface area contributed by atoms with Crippen LogP contribution < -0.4 is 15.0 Å². The summed E-state index contributed by atoms with van der Waals surface area (Å²) in [5.41, 5.74) is 4.66. The first-order valence-electron chi connectivity index (χ1n) is 12.9. The van der Waals surface area contributed by atoms with Crippen molar-refractivity contribution in [2.75, 3.05) is 18.6 Å². The number of fused-ring (bicyclic) bond motifs is 1. The summed E-state index contributed by atoms with van der Waals surface area (Å²) in [7, 11) is 1.56. The molecule has 0 saturated heterocycles. The van der Waals surface area contributed by atoms with Gasteiger partial charge in [-0.1, -0.05) is 67.1 Å². The third kappa shape index (κ3) is 6.02. The number of amides is 2. The van der Waals surface area contributed by atoms with E-state index in [9.17, 15) is 9.59 Å². The van der Waals surface area contributed by atoms with E-state index >= 15 is 0 Å². The molecule has 4 rings (SSSR count). The molecule has 1 aromatic heterocycles. The topological polar surface area (TPSA) is 89.3 Å². The third-order valence-electron chi connectivity index (χ3n) is 6.49. The molecule has 1 unspecified atom stereocenters. The second-order valence-corrected chi connectivity index (χ2v) is 9.96. The molecule has 3 aromatic carbocycles. The smallest absolute Gasteiger partial charge is 0.249 e. The number of nitrogens with zero attached hydrogens (tertiary/aromatic N) is 4. The fraction of sp³-hybridized carbons (Fsp3) is 0.333. The van der Waals surface area contributed by atoms with Gasteiger partial charge in [0.05, 0.1) is 18.3 Å². The third-order valence-corrected chi connectivity index (χ3v) is 6.49. The molecule has 1 heterocycles. The summed E-state index contributed by atoms with van der Waals surface area (Å²) < 4.78 is 7.24. The van der Waals surface area contributed by atoms with Crippen LogP contribution >= 0.6 is 0 Å². The number of hydrogen-bond donors (Lipinski definition) is 1. The number of benzene rings is 3. The van der Waals surface area contributed by atoms with Crippen molar-refractivity contribution in [1.29, 1.82) is 0 Å². The van der Waals surface area contributed by atoms with Gasteiger partial charge in [0.2, 0.25) is 11.8 Å². The molecular formula is C30H35N5O3. The number of hydrogen-bond acceptors (Lipinski definition) is 5. The van der Waals surface area contributed by atoms with Crippen molar-refractivity contribution in [3.8, 4) is 5.75 Å². The maximum atomic E-state index is 14.2. The molecule has 0 saturated carbocycles. The van der Waals surface area contributed by atoms with E-state index in [1.807, 2.05) is 80.6 Å². The zero-order valence-electron chi connectivity index (χ0n) is 22.6. The maximum Gasteiger partial charge on any atom is 0.249 e. The normalized spacial score (nSPS) is 11.9. The molecule has 1 atom stereocenters. The quantitative estimate of drug-likeness (QED) is 0.323. The summed E-state index contributed by atoms with van der Waals surface area (Å²) in [6.07, 6.45) is 0.832. The molecule has 0 bridgehead atoms. The minimum atomic E-state index is -0.916.